The second-order valence-corrected chi connectivity index (χ2v) is 8.28. The van der Waals surface area contributed by atoms with Gasteiger partial charge in [0, 0.05) is 50.4 Å². The maximum absolute atomic E-state index is 12.9. The predicted molar refractivity (Wildman–Crippen MR) is 104 cm³/mol. The van der Waals surface area contributed by atoms with E-state index in [1.807, 2.05) is 4.90 Å². The Bertz CT molecular complexity index is 817. The minimum absolute atomic E-state index is 0.175. The van der Waals surface area contributed by atoms with Crippen LogP contribution in [-0.2, 0) is 4.79 Å². The first kappa shape index (κ1) is 18.9. The van der Waals surface area contributed by atoms with Crippen molar-refractivity contribution in [1.29, 1.82) is 5.26 Å². The Morgan fingerprint density at radius 3 is 2.93 bits per heavy atom. The molecule has 2 fully saturated rings. The molecule has 0 bridgehead atoms. The molecule has 148 valence electrons. The van der Waals surface area contributed by atoms with E-state index in [4.69, 9.17) is 0 Å². The molecular formula is C21H27N5O2. The molecule has 1 aromatic heterocycles. The topological polar surface area (TPSA) is 93.3 Å². The Labute approximate surface area is 165 Å². The first-order valence-electron chi connectivity index (χ1n) is 10.2. The molecular weight excluding hydrogens is 354 g/mol. The standard InChI is InChI=1S/C21H27N5O2/c22-13-17-20(24-9-8-23-17)26-11-6-18(27)21(15-26)7-3-10-25(14-21)19(28)12-16-4-1-2-5-16/h4,8-9,18,27H,1-3,5-7,10-12,14-15H2/t18-,21+/m1/s1. The molecule has 28 heavy (non-hydrogen) atoms. The maximum Gasteiger partial charge on any atom is 0.226 e. The highest BCUT2D eigenvalue weighted by molar-refractivity contribution is 5.79. The van der Waals surface area contributed by atoms with Crippen molar-refractivity contribution < 1.29 is 9.90 Å². The zero-order chi connectivity index (χ0) is 19.6. The molecule has 7 heteroatoms. The van der Waals surface area contributed by atoms with E-state index >= 15 is 0 Å². The van der Waals surface area contributed by atoms with Crippen molar-refractivity contribution in [3.8, 4) is 6.07 Å². The van der Waals surface area contributed by atoms with Crippen LogP contribution in [-0.4, -0.2) is 58.2 Å². The van der Waals surface area contributed by atoms with Crippen LogP contribution in [0.25, 0.3) is 0 Å². The molecule has 1 N–H and O–H groups in total. The third-order valence-corrected chi connectivity index (χ3v) is 6.44. The van der Waals surface area contributed by atoms with Gasteiger partial charge < -0.3 is 14.9 Å². The normalized spacial score (nSPS) is 27.6. The van der Waals surface area contributed by atoms with Gasteiger partial charge in [0.1, 0.15) is 6.07 Å². The van der Waals surface area contributed by atoms with Gasteiger partial charge in [-0.2, -0.15) is 5.26 Å². The molecule has 0 saturated carbocycles. The van der Waals surface area contributed by atoms with E-state index in [1.54, 1.807) is 6.20 Å². The second-order valence-electron chi connectivity index (χ2n) is 8.28. The highest BCUT2D eigenvalue weighted by Crippen LogP contribution is 2.40. The predicted octanol–water partition coefficient (Wildman–Crippen LogP) is 2.03. The summed E-state index contributed by atoms with van der Waals surface area (Å²) >= 11 is 0. The summed E-state index contributed by atoms with van der Waals surface area (Å²) in [5.74, 6) is 0.754. The lowest BCUT2D eigenvalue weighted by molar-refractivity contribution is -0.137. The minimum atomic E-state index is -0.452. The van der Waals surface area contributed by atoms with Gasteiger partial charge in [0.15, 0.2) is 11.5 Å². The molecule has 0 radical (unpaired) electrons. The fourth-order valence-electron chi connectivity index (χ4n) is 4.95. The molecule has 2 aliphatic heterocycles. The van der Waals surface area contributed by atoms with Crippen LogP contribution in [0.2, 0.25) is 0 Å². The molecule has 7 nitrogen and oxygen atoms in total. The number of nitriles is 1. The van der Waals surface area contributed by atoms with Crippen LogP contribution in [0.5, 0.6) is 0 Å². The van der Waals surface area contributed by atoms with E-state index in [2.05, 4.69) is 27.0 Å². The van der Waals surface area contributed by atoms with Gasteiger partial charge in [0.25, 0.3) is 0 Å². The average Bonchev–Trinajstić information content (AvgIpc) is 3.23. The molecule has 0 aromatic carbocycles. The van der Waals surface area contributed by atoms with Crippen molar-refractivity contribution in [3.05, 3.63) is 29.7 Å². The molecule has 3 aliphatic rings. The lowest BCUT2D eigenvalue weighted by Crippen LogP contribution is -2.60. The van der Waals surface area contributed by atoms with Crippen molar-refractivity contribution in [2.45, 2.75) is 51.0 Å². The van der Waals surface area contributed by atoms with Crippen LogP contribution in [0.1, 0.15) is 50.6 Å². The zero-order valence-corrected chi connectivity index (χ0v) is 16.2. The number of rotatable bonds is 3. The van der Waals surface area contributed by atoms with E-state index in [1.165, 1.54) is 11.8 Å². The van der Waals surface area contributed by atoms with Crippen LogP contribution < -0.4 is 4.90 Å². The van der Waals surface area contributed by atoms with Crippen LogP contribution in [0, 0.1) is 16.7 Å². The monoisotopic (exact) mass is 381 g/mol. The van der Waals surface area contributed by atoms with Gasteiger partial charge in [-0.25, -0.2) is 9.97 Å². The number of hydrogen-bond donors (Lipinski definition) is 1. The van der Waals surface area contributed by atoms with Crippen molar-refractivity contribution in [3.63, 3.8) is 0 Å². The number of allylic oxidation sites excluding steroid dienone is 1. The van der Waals surface area contributed by atoms with Crippen molar-refractivity contribution >= 4 is 11.7 Å². The number of anilines is 1. The molecule has 1 spiro atoms. The molecule has 1 aliphatic carbocycles. The fraction of sp³-hybridized carbons (Fsp3) is 0.619. The van der Waals surface area contributed by atoms with Gasteiger partial charge in [-0.15, -0.1) is 0 Å². The van der Waals surface area contributed by atoms with E-state index < -0.39 is 6.10 Å². The second kappa shape index (κ2) is 7.88. The molecule has 1 amide bonds. The van der Waals surface area contributed by atoms with Crippen LogP contribution in [0.3, 0.4) is 0 Å². The first-order valence-corrected chi connectivity index (χ1v) is 10.2. The quantitative estimate of drug-likeness (QED) is 0.805. The fourth-order valence-corrected chi connectivity index (χ4v) is 4.95. The Balaban J connectivity index is 1.51. The zero-order valence-electron chi connectivity index (χ0n) is 16.2. The largest absolute Gasteiger partial charge is 0.392 e. The number of amides is 1. The highest BCUT2D eigenvalue weighted by atomic mass is 16.3. The smallest absolute Gasteiger partial charge is 0.226 e. The number of nitrogens with zero attached hydrogens (tertiary/aromatic N) is 5. The molecule has 3 heterocycles. The molecule has 2 atom stereocenters. The van der Waals surface area contributed by atoms with E-state index in [-0.39, 0.29) is 11.3 Å². The third kappa shape index (κ3) is 3.61. The van der Waals surface area contributed by atoms with Gasteiger partial charge in [-0.3, -0.25) is 4.79 Å². The number of carbonyl (C=O) groups is 1. The van der Waals surface area contributed by atoms with Gasteiger partial charge in [0.2, 0.25) is 5.91 Å². The van der Waals surface area contributed by atoms with Gasteiger partial charge in [-0.05, 0) is 38.5 Å². The molecule has 4 rings (SSSR count). The first-order chi connectivity index (χ1) is 13.6. The third-order valence-electron chi connectivity index (χ3n) is 6.44. The Morgan fingerprint density at radius 1 is 1.29 bits per heavy atom. The van der Waals surface area contributed by atoms with Crippen molar-refractivity contribution in [1.82, 2.24) is 14.9 Å². The van der Waals surface area contributed by atoms with Gasteiger partial charge in [0.05, 0.1) is 6.10 Å². The number of aromatic nitrogens is 2. The summed E-state index contributed by atoms with van der Waals surface area (Å²) in [5.41, 5.74) is 1.19. The number of carbonyl (C=O) groups excluding carboxylic acids is 1. The van der Waals surface area contributed by atoms with Crippen LogP contribution in [0.4, 0.5) is 5.82 Å². The lowest BCUT2D eigenvalue weighted by Gasteiger charge is -2.51. The van der Waals surface area contributed by atoms with Gasteiger partial charge in [-0.1, -0.05) is 11.6 Å². The van der Waals surface area contributed by atoms with Gasteiger partial charge >= 0.3 is 0 Å². The van der Waals surface area contributed by atoms with E-state index in [0.29, 0.717) is 44.0 Å². The maximum atomic E-state index is 12.9. The average molecular weight is 381 g/mol. The van der Waals surface area contributed by atoms with Crippen LogP contribution >= 0.6 is 0 Å². The van der Waals surface area contributed by atoms with Crippen molar-refractivity contribution in [2.75, 3.05) is 31.1 Å². The Kier molecular flexibility index (Phi) is 5.31. The van der Waals surface area contributed by atoms with E-state index in [9.17, 15) is 15.2 Å². The summed E-state index contributed by atoms with van der Waals surface area (Å²) in [6.45, 7) is 2.55. The highest BCUT2D eigenvalue weighted by Gasteiger charge is 2.47. The summed E-state index contributed by atoms with van der Waals surface area (Å²) in [6, 6.07) is 2.11. The lowest BCUT2D eigenvalue weighted by atomic mass is 9.71. The number of hydrogen-bond acceptors (Lipinski definition) is 6. The Hall–Kier alpha value is -2.46. The molecule has 2 saturated heterocycles. The summed E-state index contributed by atoms with van der Waals surface area (Å²) in [5, 5.41) is 20.2. The van der Waals surface area contributed by atoms with Crippen molar-refractivity contribution in [2.24, 2.45) is 5.41 Å². The Morgan fingerprint density at radius 2 is 2.14 bits per heavy atom. The number of aliphatic hydroxyl groups is 1. The summed E-state index contributed by atoms with van der Waals surface area (Å²) in [6.07, 6.45) is 11.0. The van der Waals surface area contributed by atoms with Crippen LogP contribution in [0.15, 0.2) is 24.0 Å². The summed E-state index contributed by atoms with van der Waals surface area (Å²) in [7, 11) is 0. The SMILES string of the molecule is N#Cc1nccnc1N1CC[C@@H](O)[C@]2(CCCN(C(=O)CC3=CCCC3)C2)C1. The van der Waals surface area contributed by atoms with E-state index in [0.717, 1.165) is 38.6 Å². The summed E-state index contributed by atoms with van der Waals surface area (Å²) in [4.78, 5) is 25.4. The number of piperidine rings is 2. The number of likely N-dealkylation sites (tertiary alicyclic amines) is 1. The molecule has 1 aromatic rings. The summed E-state index contributed by atoms with van der Waals surface area (Å²) < 4.78 is 0. The minimum Gasteiger partial charge on any atom is -0.392 e. The number of aliphatic hydroxyl groups excluding tert-OH is 1. The molecule has 0 unspecified atom stereocenters.